The van der Waals surface area contributed by atoms with Crippen LogP contribution in [0.1, 0.15) is 32.6 Å². The molecule has 3 N–H and O–H groups in total. The molecule has 0 radical (unpaired) electrons. The SMILES string of the molecule is CCC1NC(C(=O)N[C@@H]2C[C@H](NC(=O)COc3ccc4c(c3)OC(F)(F)O4)C3CC2C3)CS1. The number of benzene rings is 1. The summed E-state index contributed by atoms with van der Waals surface area (Å²) in [4.78, 5) is 25.2. The van der Waals surface area contributed by atoms with E-state index in [0.717, 1.165) is 25.0 Å². The van der Waals surface area contributed by atoms with Crippen molar-refractivity contribution in [2.24, 2.45) is 11.8 Å². The zero-order valence-corrected chi connectivity index (χ0v) is 19.0. The molecule has 4 fully saturated rings. The Labute approximate surface area is 194 Å². The molecule has 4 atom stereocenters. The number of carbonyl (C=O) groups is 2. The summed E-state index contributed by atoms with van der Waals surface area (Å²) in [6.07, 6.45) is -0.0501. The Hall–Kier alpha value is -2.27. The quantitative estimate of drug-likeness (QED) is 0.547. The Bertz CT molecular complexity index is 929. The Kier molecular flexibility index (Phi) is 6.02. The van der Waals surface area contributed by atoms with Crippen molar-refractivity contribution in [3.05, 3.63) is 18.2 Å². The maximum absolute atomic E-state index is 13.1. The van der Waals surface area contributed by atoms with Gasteiger partial charge in [0.1, 0.15) is 5.75 Å². The van der Waals surface area contributed by atoms with Crippen LogP contribution in [0.3, 0.4) is 0 Å². The van der Waals surface area contributed by atoms with E-state index in [1.165, 1.54) is 18.2 Å². The van der Waals surface area contributed by atoms with Crippen molar-refractivity contribution in [3.63, 3.8) is 0 Å². The van der Waals surface area contributed by atoms with Gasteiger partial charge in [0, 0.05) is 23.9 Å². The van der Waals surface area contributed by atoms with E-state index in [1.807, 2.05) is 0 Å². The summed E-state index contributed by atoms with van der Waals surface area (Å²) in [5.41, 5.74) is 0. The van der Waals surface area contributed by atoms with Gasteiger partial charge in [0.25, 0.3) is 5.91 Å². The average molecular weight is 484 g/mol. The molecule has 3 saturated carbocycles. The van der Waals surface area contributed by atoms with Gasteiger partial charge in [-0.1, -0.05) is 6.92 Å². The van der Waals surface area contributed by atoms with E-state index in [0.29, 0.717) is 23.6 Å². The number of carbonyl (C=O) groups excluding carboxylic acids is 2. The van der Waals surface area contributed by atoms with Crippen molar-refractivity contribution in [2.45, 2.75) is 62.4 Å². The van der Waals surface area contributed by atoms with Crippen LogP contribution in [-0.2, 0) is 9.59 Å². The highest BCUT2D eigenvalue weighted by Crippen LogP contribution is 2.46. The normalized spacial score (nSPS) is 33.2. The third-order valence-electron chi connectivity index (χ3n) is 6.81. The van der Waals surface area contributed by atoms with Crippen molar-refractivity contribution in [3.8, 4) is 17.2 Å². The second kappa shape index (κ2) is 8.83. The number of fused-ring (bicyclic) bond motifs is 3. The van der Waals surface area contributed by atoms with Gasteiger partial charge in [0.05, 0.1) is 11.4 Å². The molecule has 2 unspecified atom stereocenters. The lowest BCUT2D eigenvalue weighted by atomic mass is 9.60. The number of rotatable bonds is 7. The zero-order chi connectivity index (χ0) is 23.2. The molecule has 0 aromatic heterocycles. The molecule has 180 valence electrons. The van der Waals surface area contributed by atoms with Crippen molar-refractivity contribution in [1.29, 1.82) is 0 Å². The van der Waals surface area contributed by atoms with E-state index < -0.39 is 6.29 Å². The van der Waals surface area contributed by atoms with E-state index in [9.17, 15) is 18.4 Å². The predicted molar refractivity (Wildman–Crippen MR) is 116 cm³/mol. The summed E-state index contributed by atoms with van der Waals surface area (Å²) in [6.45, 7) is 1.85. The molecule has 1 saturated heterocycles. The fourth-order valence-electron chi connectivity index (χ4n) is 5.00. The minimum absolute atomic E-state index is 0.0267. The molecule has 33 heavy (non-hydrogen) atoms. The van der Waals surface area contributed by atoms with Gasteiger partial charge in [-0.05, 0) is 49.7 Å². The largest absolute Gasteiger partial charge is 0.586 e. The lowest BCUT2D eigenvalue weighted by Gasteiger charge is -2.51. The molecule has 1 aromatic rings. The number of nitrogens with one attached hydrogen (secondary N) is 3. The van der Waals surface area contributed by atoms with Gasteiger partial charge < -0.3 is 24.8 Å². The van der Waals surface area contributed by atoms with Gasteiger partial charge in [-0.2, -0.15) is 0 Å². The standard InChI is InChI=1S/C22H27F2N3O5S/c1-2-20-26-16(10-33-20)21(29)27-15-8-14(11-5-12(15)6-11)25-19(28)9-30-13-3-4-17-18(7-13)32-22(23,24)31-17/h3-4,7,11-12,14-16,20,26H,2,5-6,8-10H2,1H3,(H,25,28)(H,27,29)/t11?,12?,14-,15+,16?,20?/m0/s1. The number of ether oxygens (including phenoxy) is 3. The maximum Gasteiger partial charge on any atom is 0.586 e. The first-order valence-electron chi connectivity index (χ1n) is 11.3. The molecule has 2 aliphatic heterocycles. The van der Waals surface area contributed by atoms with Crippen LogP contribution in [0.4, 0.5) is 8.78 Å². The first-order chi connectivity index (χ1) is 15.8. The highest BCUT2D eigenvalue weighted by molar-refractivity contribution is 8.00. The highest BCUT2D eigenvalue weighted by Gasteiger charge is 2.47. The van der Waals surface area contributed by atoms with Gasteiger partial charge in [-0.25, -0.2) is 0 Å². The van der Waals surface area contributed by atoms with Crippen LogP contribution >= 0.6 is 11.8 Å². The molecular formula is C22H27F2N3O5S. The minimum Gasteiger partial charge on any atom is -0.484 e. The van der Waals surface area contributed by atoms with Crippen LogP contribution in [0.25, 0.3) is 0 Å². The summed E-state index contributed by atoms with van der Waals surface area (Å²) < 4.78 is 40.5. The molecule has 2 bridgehead atoms. The first kappa shape index (κ1) is 22.5. The van der Waals surface area contributed by atoms with Gasteiger partial charge >= 0.3 is 6.29 Å². The Morgan fingerprint density at radius 3 is 2.61 bits per heavy atom. The Morgan fingerprint density at radius 1 is 1.15 bits per heavy atom. The van der Waals surface area contributed by atoms with Crippen molar-refractivity contribution in [1.82, 2.24) is 16.0 Å². The van der Waals surface area contributed by atoms with Crippen molar-refractivity contribution in [2.75, 3.05) is 12.4 Å². The molecule has 0 spiro atoms. The predicted octanol–water partition coefficient (Wildman–Crippen LogP) is 2.23. The van der Waals surface area contributed by atoms with Crippen LogP contribution in [0, 0.1) is 11.8 Å². The average Bonchev–Trinajstić information content (AvgIpc) is 3.33. The summed E-state index contributed by atoms with van der Waals surface area (Å²) in [5, 5.41) is 9.91. The van der Waals surface area contributed by atoms with Gasteiger partial charge in [-0.3, -0.25) is 14.9 Å². The van der Waals surface area contributed by atoms with Crippen LogP contribution in [0.15, 0.2) is 18.2 Å². The van der Waals surface area contributed by atoms with E-state index in [1.54, 1.807) is 11.8 Å². The number of hydrogen-bond donors (Lipinski definition) is 3. The fraction of sp³-hybridized carbons (Fsp3) is 0.636. The molecule has 2 heterocycles. The molecule has 8 nitrogen and oxygen atoms in total. The Balaban J connectivity index is 1.10. The van der Waals surface area contributed by atoms with Gasteiger partial charge in [-0.15, -0.1) is 20.5 Å². The fourth-order valence-corrected chi connectivity index (χ4v) is 6.17. The molecule has 3 aliphatic carbocycles. The summed E-state index contributed by atoms with van der Waals surface area (Å²) >= 11 is 1.78. The molecule has 11 heteroatoms. The zero-order valence-electron chi connectivity index (χ0n) is 18.1. The van der Waals surface area contributed by atoms with Crippen LogP contribution in [0.2, 0.25) is 0 Å². The van der Waals surface area contributed by atoms with Crippen LogP contribution in [0.5, 0.6) is 17.2 Å². The monoisotopic (exact) mass is 483 g/mol. The van der Waals surface area contributed by atoms with Crippen LogP contribution < -0.4 is 30.2 Å². The van der Waals surface area contributed by atoms with Gasteiger partial charge in [0.2, 0.25) is 5.91 Å². The molecule has 5 aliphatic rings. The van der Waals surface area contributed by atoms with E-state index in [-0.39, 0.29) is 53.8 Å². The second-order valence-corrected chi connectivity index (χ2v) is 10.3. The minimum atomic E-state index is -3.70. The second-order valence-electron chi connectivity index (χ2n) is 9.03. The third-order valence-corrected chi connectivity index (χ3v) is 8.21. The number of halogens is 2. The first-order valence-corrected chi connectivity index (χ1v) is 12.3. The van der Waals surface area contributed by atoms with E-state index in [4.69, 9.17) is 4.74 Å². The highest BCUT2D eigenvalue weighted by atomic mass is 32.2. The summed E-state index contributed by atoms with van der Waals surface area (Å²) in [5.74, 6) is 1.41. The van der Waals surface area contributed by atoms with Crippen LogP contribution in [-0.4, -0.2) is 54.0 Å². The number of thioether (sulfide) groups is 1. The third kappa shape index (κ3) is 4.84. The van der Waals surface area contributed by atoms with Crippen molar-refractivity contribution < 1.29 is 32.6 Å². The number of hydrogen-bond acceptors (Lipinski definition) is 7. The molecule has 1 aromatic carbocycles. The topological polar surface area (TPSA) is 97.9 Å². The lowest BCUT2D eigenvalue weighted by molar-refractivity contribution is -0.286. The Morgan fingerprint density at radius 2 is 1.88 bits per heavy atom. The summed E-state index contributed by atoms with van der Waals surface area (Å²) in [7, 11) is 0. The smallest absolute Gasteiger partial charge is 0.484 e. The molecule has 6 rings (SSSR count). The molecular weight excluding hydrogens is 456 g/mol. The number of alkyl halides is 2. The van der Waals surface area contributed by atoms with Gasteiger partial charge in [0.15, 0.2) is 18.1 Å². The van der Waals surface area contributed by atoms with E-state index in [2.05, 4.69) is 32.3 Å². The lowest BCUT2D eigenvalue weighted by Crippen LogP contribution is -2.61. The number of amides is 2. The summed E-state index contributed by atoms with van der Waals surface area (Å²) in [6, 6.07) is 3.88. The molecule has 2 amide bonds. The van der Waals surface area contributed by atoms with Crippen molar-refractivity contribution >= 4 is 23.6 Å². The van der Waals surface area contributed by atoms with E-state index >= 15 is 0 Å². The maximum atomic E-state index is 13.1.